The molecule has 24 heavy (non-hydrogen) atoms. The first-order chi connectivity index (χ1) is 11.0. The molecule has 3 amide bonds. The van der Waals surface area contributed by atoms with Crippen LogP contribution in [0.1, 0.15) is 32.6 Å². The standard InChI is InChI=1S/C16H23N5O2.ClH/c1-10-14-6-12(5-11(14)9-21(10)16(18)23)19-8-15(22)20-4-2-3-13(20)7-17;/h10,12-13,19H,2-6,8-9H2,1H3,(H2,18,23);1H. The van der Waals surface area contributed by atoms with Gasteiger partial charge in [0.05, 0.1) is 18.7 Å². The van der Waals surface area contributed by atoms with E-state index in [0.29, 0.717) is 13.1 Å². The van der Waals surface area contributed by atoms with E-state index >= 15 is 0 Å². The molecule has 3 aliphatic rings. The second-order valence-electron chi connectivity index (χ2n) is 6.63. The normalized spacial score (nSPS) is 28.6. The van der Waals surface area contributed by atoms with Crippen LogP contribution in [-0.2, 0) is 4.79 Å². The van der Waals surface area contributed by atoms with Crippen molar-refractivity contribution in [3.8, 4) is 6.07 Å². The number of hydrogen-bond acceptors (Lipinski definition) is 4. The van der Waals surface area contributed by atoms with E-state index in [2.05, 4.69) is 11.4 Å². The fourth-order valence-electron chi connectivity index (χ4n) is 4.02. The zero-order valence-electron chi connectivity index (χ0n) is 13.8. The van der Waals surface area contributed by atoms with E-state index in [1.807, 2.05) is 6.92 Å². The molecule has 0 aromatic rings. The maximum atomic E-state index is 12.3. The van der Waals surface area contributed by atoms with Crippen LogP contribution in [0.2, 0.25) is 0 Å². The molecular weight excluding hydrogens is 330 g/mol. The lowest BCUT2D eigenvalue weighted by molar-refractivity contribution is -0.130. The van der Waals surface area contributed by atoms with Gasteiger partial charge in [0.15, 0.2) is 0 Å². The van der Waals surface area contributed by atoms with Crippen LogP contribution in [0.4, 0.5) is 4.79 Å². The van der Waals surface area contributed by atoms with Crippen molar-refractivity contribution in [2.45, 2.75) is 50.7 Å². The van der Waals surface area contributed by atoms with Crippen molar-refractivity contribution in [2.24, 2.45) is 5.73 Å². The minimum Gasteiger partial charge on any atom is -0.351 e. The van der Waals surface area contributed by atoms with E-state index in [9.17, 15) is 9.59 Å². The number of urea groups is 1. The van der Waals surface area contributed by atoms with E-state index in [4.69, 9.17) is 11.0 Å². The van der Waals surface area contributed by atoms with Crippen LogP contribution in [0.15, 0.2) is 11.1 Å². The van der Waals surface area contributed by atoms with Crippen LogP contribution in [0.25, 0.3) is 0 Å². The molecule has 1 aliphatic carbocycles. The quantitative estimate of drug-likeness (QED) is 0.731. The molecule has 8 heteroatoms. The van der Waals surface area contributed by atoms with Crippen molar-refractivity contribution in [1.82, 2.24) is 15.1 Å². The van der Waals surface area contributed by atoms with Gasteiger partial charge in [-0.15, -0.1) is 12.4 Å². The lowest BCUT2D eigenvalue weighted by atomic mass is 10.1. The van der Waals surface area contributed by atoms with E-state index in [-0.39, 0.29) is 49.0 Å². The molecule has 3 N–H and O–H groups in total. The Bertz CT molecular complexity index is 600. The molecule has 0 bridgehead atoms. The maximum Gasteiger partial charge on any atom is 0.315 e. The summed E-state index contributed by atoms with van der Waals surface area (Å²) in [6.07, 6.45) is 3.40. The van der Waals surface area contributed by atoms with Gasteiger partial charge in [0.1, 0.15) is 6.04 Å². The number of carbonyl (C=O) groups excluding carboxylic acids is 2. The monoisotopic (exact) mass is 353 g/mol. The van der Waals surface area contributed by atoms with Crippen molar-refractivity contribution in [2.75, 3.05) is 19.6 Å². The molecule has 0 spiro atoms. The van der Waals surface area contributed by atoms with Gasteiger partial charge in [-0.3, -0.25) is 4.79 Å². The van der Waals surface area contributed by atoms with Crippen LogP contribution in [0, 0.1) is 11.3 Å². The summed E-state index contributed by atoms with van der Waals surface area (Å²) in [5.74, 6) is 0.00733. The molecule has 0 aromatic carbocycles. The molecule has 132 valence electrons. The van der Waals surface area contributed by atoms with E-state index in [1.165, 1.54) is 11.1 Å². The molecule has 0 saturated carbocycles. The van der Waals surface area contributed by atoms with Crippen molar-refractivity contribution in [3.63, 3.8) is 0 Å². The number of nitrogens with zero attached hydrogens (tertiary/aromatic N) is 3. The third-order valence-electron chi connectivity index (χ3n) is 5.29. The van der Waals surface area contributed by atoms with E-state index in [1.54, 1.807) is 9.80 Å². The van der Waals surface area contributed by atoms with E-state index in [0.717, 1.165) is 25.7 Å². The van der Waals surface area contributed by atoms with Gasteiger partial charge in [-0.25, -0.2) is 4.79 Å². The number of likely N-dealkylation sites (tertiary alicyclic amines) is 2. The number of nitriles is 1. The van der Waals surface area contributed by atoms with Crippen LogP contribution in [-0.4, -0.2) is 59.5 Å². The molecular formula is C16H24ClN5O2. The average molecular weight is 354 g/mol. The van der Waals surface area contributed by atoms with Gasteiger partial charge in [-0.05, 0) is 43.8 Å². The van der Waals surface area contributed by atoms with Gasteiger partial charge >= 0.3 is 6.03 Å². The molecule has 0 radical (unpaired) electrons. The molecule has 3 atom stereocenters. The second-order valence-corrected chi connectivity index (χ2v) is 6.63. The highest BCUT2D eigenvalue weighted by Gasteiger charge is 2.38. The van der Waals surface area contributed by atoms with Gasteiger partial charge in [0, 0.05) is 19.1 Å². The second kappa shape index (κ2) is 7.41. The Kier molecular flexibility index (Phi) is 5.73. The minimum absolute atomic E-state index is 0. The Morgan fingerprint density at radius 2 is 2.12 bits per heavy atom. The van der Waals surface area contributed by atoms with E-state index < -0.39 is 0 Å². The highest BCUT2D eigenvalue weighted by atomic mass is 35.5. The summed E-state index contributed by atoms with van der Waals surface area (Å²) < 4.78 is 0. The lowest BCUT2D eigenvalue weighted by Crippen LogP contribution is -2.44. The molecule has 1 fully saturated rings. The number of rotatable bonds is 3. The summed E-state index contributed by atoms with van der Waals surface area (Å²) in [7, 11) is 0. The summed E-state index contributed by atoms with van der Waals surface area (Å²) in [5.41, 5.74) is 7.95. The van der Waals surface area contributed by atoms with Gasteiger partial charge in [-0.2, -0.15) is 5.26 Å². The molecule has 3 unspecified atom stereocenters. The topological polar surface area (TPSA) is 102 Å². The number of nitrogens with one attached hydrogen (secondary N) is 1. The highest BCUT2D eigenvalue weighted by Crippen LogP contribution is 2.36. The van der Waals surface area contributed by atoms with Crippen LogP contribution < -0.4 is 11.1 Å². The Labute approximate surface area is 148 Å². The van der Waals surface area contributed by atoms with Crippen molar-refractivity contribution in [3.05, 3.63) is 11.1 Å². The highest BCUT2D eigenvalue weighted by molar-refractivity contribution is 5.85. The molecule has 0 aromatic heterocycles. The predicted molar refractivity (Wildman–Crippen MR) is 91.4 cm³/mol. The van der Waals surface area contributed by atoms with Crippen LogP contribution in [0.5, 0.6) is 0 Å². The first kappa shape index (κ1) is 18.6. The summed E-state index contributed by atoms with van der Waals surface area (Å²) in [6.45, 7) is 3.57. The zero-order chi connectivity index (χ0) is 16.6. The molecule has 2 heterocycles. The zero-order valence-corrected chi connectivity index (χ0v) is 14.6. The van der Waals surface area contributed by atoms with Crippen LogP contribution >= 0.6 is 12.4 Å². The summed E-state index contributed by atoms with van der Waals surface area (Å²) in [5, 5.41) is 12.4. The van der Waals surface area contributed by atoms with Crippen molar-refractivity contribution >= 4 is 24.3 Å². The van der Waals surface area contributed by atoms with Gasteiger partial charge in [0.25, 0.3) is 0 Å². The van der Waals surface area contributed by atoms with Gasteiger partial charge in [0.2, 0.25) is 5.91 Å². The van der Waals surface area contributed by atoms with Crippen LogP contribution in [0.3, 0.4) is 0 Å². The summed E-state index contributed by atoms with van der Waals surface area (Å²) in [4.78, 5) is 27.0. The number of halogens is 1. The molecule has 7 nitrogen and oxygen atoms in total. The third-order valence-corrected chi connectivity index (χ3v) is 5.29. The number of primary amides is 1. The summed E-state index contributed by atoms with van der Waals surface area (Å²) >= 11 is 0. The Balaban J connectivity index is 0.00000208. The first-order valence-corrected chi connectivity index (χ1v) is 8.20. The fraction of sp³-hybridized carbons (Fsp3) is 0.688. The smallest absolute Gasteiger partial charge is 0.315 e. The Morgan fingerprint density at radius 1 is 1.38 bits per heavy atom. The largest absolute Gasteiger partial charge is 0.351 e. The minimum atomic E-state index is -0.372. The Hall–Kier alpha value is -1.78. The fourth-order valence-corrected chi connectivity index (χ4v) is 4.02. The number of amides is 3. The average Bonchev–Trinajstić information content (AvgIpc) is 3.20. The SMILES string of the molecule is CC1C2=C(CC(NCC(=O)N3CCCC3C#N)C2)CN1C(N)=O.Cl. The third kappa shape index (κ3) is 3.35. The van der Waals surface area contributed by atoms with Gasteiger partial charge < -0.3 is 20.9 Å². The first-order valence-electron chi connectivity index (χ1n) is 8.20. The Morgan fingerprint density at radius 3 is 2.75 bits per heavy atom. The van der Waals surface area contributed by atoms with Crippen molar-refractivity contribution < 1.29 is 9.59 Å². The number of nitrogens with two attached hydrogens (primary N) is 1. The lowest BCUT2D eigenvalue weighted by Gasteiger charge is -2.25. The predicted octanol–water partition coefficient (Wildman–Crippen LogP) is 0.754. The van der Waals surface area contributed by atoms with Crippen molar-refractivity contribution in [1.29, 1.82) is 5.26 Å². The summed E-state index contributed by atoms with van der Waals surface area (Å²) in [6, 6.07) is 1.86. The maximum absolute atomic E-state index is 12.3. The number of carbonyl (C=O) groups is 2. The van der Waals surface area contributed by atoms with Gasteiger partial charge in [-0.1, -0.05) is 0 Å². The molecule has 2 aliphatic heterocycles. The number of hydrogen-bond donors (Lipinski definition) is 2. The molecule has 1 saturated heterocycles. The molecule has 3 rings (SSSR count).